The summed E-state index contributed by atoms with van der Waals surface area (Å²) >= 11 is 0. The van der Waals surface area contributed by atoms with E-state index >= 15 is 0 Å². The number of hydrogen-bond acceptors (Lipinski definition) is 1. The molecule has 1 heterocycles. The summed E-state index contributed by atoms with van der Waals surface area (Å²) in [6, 6.07) is 10.6. The zero-order valence-electron chi connectivity index (χ0n) is 7.39. The molecule has 0 radical (unpaired) electrons. The molecule has 66 valence electrons. The van der Waals surface area contributed by atoms with Crippen LogP contribution in [0.2, 0.25) is 0 Å². The monoisotopic (exact) mass is 172 g/mol. The second-order valence-electron chi connectivity index (χ2n) is 3.74. The Morgan fingerprint density at radius 3 is 2.85 bits per heavy atom. The third-order valence-corrected chi connectivity index (χ3v) is 2.87. The molecule has 1 aliphatic carbocycles. The van der Waals surface area contributed by atoms with Gasteiger partial charge in [-0.25, -0.2) is 0 Å². The molecular formula is C12H12O. The smallest absolute Gasteiger partial charge is 0.0947 e. The molecule has 0 spiro atoms. The van der Waals surface area contributed by atoms with Crippen molar-refractivity contribution in [3.8, 4) is 0 Å². The first kappa shape index (κ1) is 7.34. The summed E-state index contributed by atoms with van der Waals surface area (Å²) in [7, 11) is 0. The molecule has 3 rings (SSSR count). The fourth-order valence-electron chi connectivity index (χ4n) is 2.11. The van der Waals surface area contributed by atoms with Crippen LogP contribution in [0.1, 0.15) is 17.9 Å². The van der Waals surface area contributed by atoms with Gasteiger partial charge in [0, 0.05) is 5.92 Å². The molecule has 1 heteroatoms. The molecule has 1 aromatic rings. The summed E-state index contributed by atoms with van der Waals surface area (Å²) in [5, 5.41) is 0. The maximum atomic E-state index is 5.58. The van der Waals surface area contributed by atoms with Crippen LogP contribution in [0.15, 0.2) is 42.5 Å². The molecule has 3 unspecified atom stereocenters. The number of epoxide rings is 1. The molecule has 0 saturated carbocycles. The topological polar surface area (TPSA) is 12.5 Å². The molecular weight excluding hydrogens is 160 g/mol. The van der Waals surface area contributed by atoms with Gasteiger partial charge in [0.05, 0.1) is 12.2 Å². The molecule has 0 aromatic heterocycles. The van der Waals surface area contributed by atoms with E-state index in [1.807, 2.05) is 0 Å². The Hall–Kier alpha value is -1.08. The molecule has 1 aliphatic heterocycles. The Bertz CT molecular complexity index is 328. The molecule has 1 aromatic carbocycles. The largest absolute Gasteiger partial charge is 0.368 e. The number of ether oxygens (including phenoxy) is 1. The number of rotatable bonds is 1. The molecule has 1 fully saturated rings. The first-order valence-corrected chi connectivity index (χ1v) is 4.82. The van der Waals surface area contributed by atoms with Gasteiger partial charge in [0.15, 0.2) is 0 Å². The van der Waals surface area contributed by atoms with E-state index < -0.39 is 0 Å². The van der Waals surface area contributed by atoms with Crippen molar-refractivity contribution >= 4 is 0 Å². The first-order chi connectivity index (χ1) is 6.45. The molecule has 1 saturated heterocycles. The van der Waals surface area contributed by atoms with Crippen LogP contribution in [0.4, 0.5) is 0 Å². The lowest BCUT2D eigenvalue weighted by Gasteiger charge is -2.12. The van der Waals surface area contributed by atoms with Crippen LogP contribution in [-0.2, 0) is 4.74 Å². The van der Waals surface area contributed by atoms with E-state index in [4.69, 9.17) is 4.74 Å². The zero-order chi connectivity index (χ0) is 8.67. The second-order valence-corrected chi connectivity index (χ2v) is 3.74. The number of fused-ring (bicyclic) bond motifs is 1. The molecule has 2 aliphatic rings. The summed E-state index contributed by atoms with van der Waals surface area (Å²) in [6.45, 7) is 0. The predicted molar refractivity (Wildman–Crippen MR) is 51.6 cm³/mol. The first-order valence-electron chi connectivity index (χ1n) is 4.82. The minimum Gasteiger partial charge on any atom is -0.368 e. The quantitative estimate of drug-likeness (QED) is 0.468. The lowest BCUT2D eigenvalue weighted by Crippen LogP contribution is -2.09. The summed E-state index contributed by atoms with van der Waals surface area (Å²) < 4.78 is 5.58. The van der Waals surface area contributed by atoms with Crippen molar-refractivity contribution in [2.45, 2.75) is 24.5 Å². The van der Waals surface area contributed by atoms with Gasteiger partial charge >= 0.3 is 0 Å². The number of hydrogen-bond donors (Lipinski definition) is 0. The molecule has 0 N–H and O–H groups in total. The highest BCUT2D eigenvalue weighted by molar-refractivity contribution is 5.30. The van der Waals surface area contributed by atoms with Crippen LogP contribution < -0.4 is 0 Å². The van der Waals surface area contributed by atoms with Gasteiger partial charge in [-0.3, -0.25) is 0 Å². The van der Waals surface area contributed by atoms with Gasteiger partial charge in [0.1, 0.15) is 0 Å². The Balaban J connectivity index is 1.93. The molecule has 1 nitrogen and oxygen atoms in total. The van der Waals surface area contributed by atoms with Gasteiger partial charge in [-0.2, -0.15) is 0 Å². The summed E-state index contributed by atoms with van der Waals surface area (Å²) in [5.74, 6) is 0.500. The molecule has 0 bridgehead atoms. The van der Waals surface area contributed by atoms with Crippen molar-refractivity contribution in [1.29, 1.82) is 0 Å². The number of benzene rings is 1. The van der Waals surface area contributed by atoms with Crippen LogP contribution in [0.25, 0.3) is 0 Å². The summed E-state index contributed by atoms with van der Waals surface area (Å²) in [6.07, 6.45) is 6.60. The average molecular weight is 172 g/mol. The minimum absolute atomic E-state index is 0.465. The van der Waals surface area contributed by atoms with Gasteiger partial charge in [0.25, 0.3) is 0 Å². The van der Waals surface area contributed by atoms with Crippen molar-refractivity contribution < 1.29 is 4.74 Å². The maximum Gasteiger partial charge on any atom is 0.0947 e. The predicted octanol–water partition coefficient (Wildman–Crippen LogP) is 2.50. The summed E-state index contributed by atoms with van der Waals surface area (Å²) in [5.41, 5.74) is 1.38. The average Bonchev–Trinajstić information content (AvgIpc) is 2.97. The fourth-order valence-corrected chi connectivity index (χ4v) is 2.11. The van der Waals surface area contributed by atoms with Crippen molar-refractivity contribution in [3.05, 3.63) is 48.0 Å². The Labute approximate surface area is 78.0 Å². The van der Waals surface area contributed by atoms with Crippen molar-refractivity contribution in [1.82, 2.24) is 0 Å². The Morgan fingerprint density at radius 1 is 1.15 bits per heavy atom. The van der Waals surface area contributed by atoms with Gasteiger partial charge in [-0.05, 0) is 12.0 Å². The zero-order valence-corrected chi connectivity index (χ0v) is 7.39. The van der Waals surface area contributed by atoms with E-state index in [1.165, 1.54) is 5.56 Å². The SMILES string of the molecule is C1=CC(c2ccccc2)C2OC2C1. The van der Waals surface area contributed by atoms with E-state index in [1.54, 1.807) is 0 Å². The lowest BCUT2D eigenvalue weighted by atomic mass is 9.89. The van der Waals surface area contributed by atoms with E-state index in [0.29, 0.717) is 18.1 Å². The van der Waals surface area contributed by atoms with Crippen LogP contribution in [0, 0.1) is 0 Å². The van der Waals surface area contributed by atoms with Gasteiger partial charge in [-0.15, -0.1) is 0 Å². The lowest BCUT2D eigenvalue weighted by molar-refractivity contribution is 0.366. The molecule has 0 amide bonds. The maximum absolute atomic E-state index is 5.58. The van der Waals surface area contributed by atoms with Crippen LogP contribution in [0.3, 0.4) is 0 Å². The highest BCUT2D eigenvalue weighted by Gasteiger charge is 2.45. The highest BCUT2D eigenvalue weighted by Crippen LogP contribution is 2.42. The molecule has 13 heavy (non-hydrogen) atoms. The Kier molecular flexibility index (Phi) is 1.53. The van der Waals surface area contributed by atoms with Crippen LogP contribution in [-0.4, -0.2) is 12.2 Å². The Morgan fingerprint density at radius 2 is 2.00 bits per heavy atom. The van der Waals surface area contributed by atoms with Crippen LogP contribution >= 0.6 is 0 Å². The van der Waals surface area contributed by atoms with E-state index in [9.17, 15) is 0 Å². The third kappa shape index (κ3) is 1.20. The second kappa shape index (κ2) is 2.71. The van der Waals surface area contributed by atoms with Gasteiger partial charge in [0.2, 0.25) is 0 Å². The highest BCUT2D eigenvalue weighted by atomic mass is 16.6. The summed E-state index contributed by atoms with van der Waals surface area (Å²) in [4.78, 5) is 0. The van der Waals surface area contributed by atoms with E-state index in [0.717, 1.165) is 6.42 Å². The van der Waals surface area contributed by atoms with Gasteiger partial charge < -0.3 is 4.74 Å². The van der Waals surface area contributed by atoms with Crippen molar-refractivity contribution in [3.63, 3.8) is 0 Å². The van der Waals surface area contributed by atoms with E-state index in [-0.39, 0.29) is 0 Å². The third-order valence-electron chi connectivity index (χ3n) is 2.87. The van der Waals surface area contributed by atoms with E-state index in [2.05, 4.69) is 42.5 Å². The van der Waals surface area contributed by atoms with Crippen molar-refractivity contribution in [2.24, 2.45) is 0 Å². The standard InChI is InChI=1S/C12H12O/c1-2-5-9(6-3-1)10-7-4-8-11-12(10)13-11/h1-7,10-12H,8H2. The fraction of sp³-hybridized carbons (Fsp3) is 0.333. The van der Waals surface area contributed by atoms with Crippen molar-refractivity contribution in [2.75, 3.05) is 0 Å². The van der Waals surface area contributed by atoms with Gasteiger partial charge in [-0.1, -0.05) is 42.5 Å². The van der Waals surface area contributed by atoms with Crippen LogP contribution in [0.5, 0.6) is 0 Å². The molecule has 3 atom stereocenters. The minimum atomic E-state index is 0.465. The normalized spacial score (nSPS) is 35.5.